The van der Waals surface area contributed by atoms with Crippen molar-refractivity contribution in [2.75, 3.05) is 5.32 Å². The molecule has 0 aliphatic carbocycles. The van der Waals surface area contributed by atoms with Crippen molar-refractivity contribution in [3.63, 3.8) is 0 Å². The highest BCUT2D eigenvalue weighted by Gasteiger charge is 2.39. The third-order valence-electron chi connectivity index (χ3n) is 3.20. The summed E-state index contributed by atoms with van der Waals surface area (Å²) in [6.45, 7) is 5.80. The first kappa shape index (κ1) is 16.3. The molecule has 0 bridgehead atoms. The fourth-order valence-corrected chi connectivity index (χ4v) is 1.97. The molecule has 2 heterocycles. The van der Waals surface area contributed by atoms with Crippen LogP contribution in [0.1, 0.15) is 26.3 Å². The molecule has 2 aromatic rings. The minimum atomic E-state index is -4.35. The maximum Gasteiger partial charge on any atom is 0.408 e. The van der Waals surface area contributed by atoms with Gasteiger partial charge in [0, 0.05) is 25.0 Å². The number of anilines is 1. The van der Waals surface area contributed by atoms with Gasteiger partial charge in [-0.2, -0.15) is 18.3 Å². The first-order valence-electron chi connectivity index (χ1n) is 6.93. The van der Waals surface area contributed by atoms with Crippen molar-refractivity contribution in [1.82, 2.24) is 14.8 Å². The van der Waals surface area contributed by atoms with E-state index in [0.717, 1.165) is 0 Å². The highest BCUT2D eigenvalue weighted by atomic mass is 19.4. The molecular formula is C15H19F3N4. The monoisotopic (exact) mass is 312 g/mol. The minimum absolute atomic E-state index is 0.160. The molecule has 0 saturated carbocycles. The van der Waals surface area contributed by atoms with Gasteiger partial charge in [-0.15, -0.1) is 0 Å². The lowest BCUT2D eigenvalue weighted by molar-refractivity contribution is -0.142. The van der Waals surface area contributed by atoms with Gasteiger partial charge in [-0.25, -0.2) is 0 Å². The van der Waals surface area contributed by atoms with Crippen molar-refractivity contribution in [2.45, 2.75) is 44.9 Å². The Morgan fingerprint density at radius 1 is 1.18 bits per heavy atom. The zero-order chi connectivity index (χ0) is 16.4. The molecule has 0 unspecified atom stereocenters. The van der Waals surface area contributed by atoms with E-state index in [-0.39, 0.29) is 12.0 Å². The lowest BCUT2D eigenvalue weighted by Gasteiger charge is -2.22. The van der Waals surface area contributed by atoms with Crippen LogP contribution in [0, 0.1) is 0 Å². The zero-order valence-corrected chi connectivity index (χ0v) is 12.7. The summed E-state index contributed by atoms with van der Waals surface area (Å²) in [6.07, 6.45) is 1.46. The molecule has 0 aromatic carbocycles. The van der Waals surface area contributed by atoms with E-state index < -0.39 is 12.2 Å². The van der Waals surface area contributed by atoms with Crippen LogP contribution in [-0.2, 0) is 12.0 Å². The van der Waals surface area contributed by atoms with Gasteiger partial charge in [0.15, 0.2) is 0 Å². The van der Waals surface area contributed by atoms with E-state index in [0.29, 0.717) is 11.3 Å². The van der Waals surface area contributed by atoms with Crippen molar-refractivity contribution < 1.29 is 13.2 Å². The average Bonchev–Trinajstić information content (AvgIpc) is 2.87. The normalized spacial score (nSPS) is 13.9. The summed E-state index contributed by atoms with van der Waals surface area (Å²) in [5.74, 6) is 0. The number of aromatic nitrogens is 3. The molecule has 1 atom stereocenters. The molecule has 2 rings (SSSR count). The molecule has 0 aliphatic rings. The minimum Gasteiger partial charge on any atom is -0.371 e. The Kier molecular flexibility index (Phi) is 4.44. The summed E-state index contributed by atoms with van der Waals surface area (Å²) in [4.78, 5) is 3.81. The largest absolute Gasteiger partial charge is 0.408 e. The Morgan fingerprint density at radius 2 is 1.82 bits per heavy atom. The van der Waals surface area contributed by atoms with Gasteiger partial charge in [0.05, 0.1) is 17.4 Å². The lowest BCUT2D eigenvalue weighted by atomic mass is 10.1. The highest BCUT2D eigenvalue weighted by molar-refractivity contribution is 5.40. The molecule has 4 nitrogen and oxygen atoms in total. The van der Waals surface area contributed by atoms with E-state index in [1.807, 2.05) is 20.8 Å². The van der Waals surface area contributed by atoms with Crippen LogP contribution in [-0.4, -0.2) is 27.0 Å². The SMILES string of the molecule is CC(C)(C)n1cc(N[C@@H](Cc2ccncc2)C(F)(F)F)cn1. The summed E-state index contributed by atoms with van der Waals surface area (Å²) in [5.41, 5.74) is 0.651. The number of alkyl halides is 3. The molecule has 0 amide bonds. The molecule has 2 aromatic heterocycles. The molecule has 120 valence electrons. The van der Waals surface area contributed by atoms with Gasteiger partial charge in [0.2, 0.25) is 0 Å². The molecule has 0 fully saturated rings. The number of nitrogens with zero attached hydrogens (tertiary/aromatic N) is 3. The summed E-state index contributed by atoms with van der Waals surface area (Å²) in [7, 11) is 0. The van der Waals surface area contributed by atoms with Gasteiger partial charge in [-0.1, -0.05) is 0 Å². The van der Waals surface area contributed by atoms with Gasteiger partial charge < -0.3 is 5.32 Å². The van der Waals surface area contributed by atoms with Gasteiger partial charge >= 0.3 is 6.18 Å². The van der Waals surface area contributed by atoms with E-state index in [9.17, 15) is 13.2 Å². The molecule has 1 N–H and O–H groups in total. The van der Waals surface area contributed by atoms with Crippen LogP contribution in [0.15, 0.2) is 36.9 Å². The molecular weight excluding hydrogens is 293 g/mol. The Labute approximate surface area is 127 Å². The Hall–Kier alpha value is -2.05. The Morgan fingerprint density at radius 3 is 2.32 bits per heavy atom. The van der Waals surface area contributed by atoms with Gasteiger partial charge in [0.1, 0.15) is 6.04 Å². The number of rotatable bonds is 4. The molecule has 0 spiro atoms. The van der Waals surface area contributed by atoms with Crippen LogP contribution in [0.5, 0.6) is 0 Å². The zero-order valence-electron chi connectivity index (χ0n) is 12.7. The van der Waals surface area contributed by atoms with Gasteiger partial charge in [-0.3, -0.25) is 9.67 Å². The summed E-state index contributed by atoms with van der Waals surface area (Å²) in [6, 6.07) is 1.49. The van der Waals surface area contributed by atoms with Crippen molar-refractivity contribution in [1.29, 1.82) is 0 Å². The van der Waals surface area contributed by atoms with E-state index in [4.69, 9.17) is 0 Å². The predicted octanol–water partition coefficient (Wildman–Crippen LogP) is 3.62. The number of hydrogen-bond donors (Lipinski definition) is 1. The predicted molar refractivity (Wildman–Crippen MR) is 78.6 cm³/mol. The van der Waals surface area contributed by atoms with Crippen molar-refractivity contribution in [3.8, 4) is 0 Å². The average molecular weight is 312 g/mol. The Bertz CT molecular complexity index is 599. The Balaban J connectivity index is 2.15. The fraction of sp³-hybridized carbons (Fsp3) is 0.467. The number of pyridine rings is 1. The maximum absolute atomic E-state index is 13.2. The number of halogens is 3. The van der Waals surface area contributed by atoms with E-state index >= 15 is 0 Å². The highest BCUT2D eigenvalue weighted by Crippen LogP contribution is 2.27. The van der Waals surface area contributed by atoms with Crippen molar-refractivity contribution in [3.05, 3.63) is 42.5 Å². The van der Waals surface area contributed by atoms with Crippen molar-refractivity contribution >= 4 is 5.69 Å². The van der Waals surface area contributed by atoms with Crippen molar-refractivity contribution in [2.24, 2.45) is 0 Å². The van der Waals surface area contributed by atoms with Crippen LogP contribution < -0.4 is 5.32 Å². The second-order valence-electron chi connectivity index (χ2n) is 6.14. The quantitative estimate of drug-likeness (QED) is 0.937. The molecule has 0 aliphatic heterocycles. The first-order valence-corrected chi connectivity index (χ1v) is 6.93. The molecule has 22 heavy (non-hydrogen) atoms. The van der Waals surface area contributed by atoms with Gasteiger partial charge in [-0.05, 0) is 38.5 Å². The number of nitrogens with one attached hydrogen (secondary N) is 1. The van der Waals surface area contributed by atoms with Gasteiger partial charge in [0.25, 0.3) is 0 Å². The molecule has 0 radical (unpaired) electrons. The van der Waals surface area contributed by atoms with E-state index in [1.54, 1.807) is 23.0 Å². The smallest absolute Gasteiger partial charge is 0.371 e. The second-order valence-corrected chi connectivity index (χ2v) is 6.14. The lowest BCUT2D eigenvalue weighted by Crippen LogP contribution is -2.38. The summed E-state index contributed by atoms with van der Waals surface area (Å²) in [5, 5.41) is 6.64. The van der Waals surface area contributed by atoms with E-state index in [2.05, 4.69) is 15.4 Å². The van der Waals surface area contributed by atoms with Crippen LogP contribution >= 0.6 is 0 Å². The maximum atomic E-state index is 13.2. The van der Waals surface area contributed by atoms with Crippen LogP contribution in [0.2, 0.25) is 0 Å². The van der Waals surface area contributed by atoms with Crippen LogP contribution in [0.25, 0.3) is 0 Å². The van der Waals surface area contributed by atoms with Crippen LogP contribution in [0.3, 0.4) is 0 Å². The third kappa shape index (κ3) is 4.22. The fourth-order valence-electron chi connectivity index (χ4n) is 1.97. The number of hydrogen-bond acceptors (Lipinski definition) is 3. The topological polar surface area (TPSA) is 42.7 Å². The van der Waals surface area contributed by atoms with Crippen LogP contribution in [0.4, 0.5) is 18.9 Å². The standard InChI is InChI=1S/C15H19F3N4/c1-14(2,3)22-10-12(9-20-22)21-13(15(16,17)18)8-11-4-6-19-7-5-11/h4-7,9-10,13,21H,8H2,1-3H3/t13-/m0/s1. The summed E-state index contributed by atoms with van der Waals surface area (Å²) >= 11 is 0. The second kappa shape index (κ2) is 5.98. The first-order chi connectivity index (χ1) is 10.2. The third-order valence-corrected chi connectivity index (χ3v) is 3.20. The molecule has 0 saturated heterocycles. The molecule has 7 heteroatoms. The van der Waals surface area contributed by atoms with E-state index in [1.165, 1.54) is 18.6 Å². The summed E-state index contributed by atoms with van der Waals surface area (Å²) < 4.78 is 41.3.